The van der Waals surface area contributed by atoms with Gasteiger partial charge in [-0.15, -0.1) is 0 Å². The maximum atomic E-state index is 11.3. The van der Waals surface area contributed by atoms with Gasteiger partial charge in [-0.25, -0.2) is 0 Å². The molecule has 0 aliphatic rings. The molecule has 100 valence electrons. The Morgan fingerprint density at radius 1 is 1.10 bits per heavy atom. The number of hydrogen-bond acceptors (Lipinski definition) is 2. The Morgan fingerprint density at radius 2 is 1.80 bits per heavy atom. The summed E-state index contributed by atoms with van der Waals surface area (Å²) in [7, 11) is 0. The Kier molecular flexibility index (Phi) is 2.91. The third kappa shape index (κ3) is 2.12. The van der Waals surface area contributed by atoms with E-state index in [-0.39, 0.29) is 0 Å². The summed E-state index contributed by atoms with van der Waals surface area (Å²) in [4.78, 5) is 14.4. The van der Waals surface area contributed by atoms with E-state index in [0.717, 1.165) is 28.1 Å². The van der Waals surface area contributed by atoms with Gasteiger partial charge in [0.1, 0.15) is 0 Å². The number of benzene rings is 1. The maximum Gasteiger partial charge on any atom is 0.250 e. The normalized spacial score (nSPS) is 10.7. The van der Waals surface area contributed by atoms with Crippen LogP contribution < -0.4 is 5.73 Å². The van der Waals surface area contributed by atoms with Crippen LogP contribution in [-0.4, -0.2) is 10.9 Å². The molecule has 20 heavy (non-hydrogen) atoms. The molecule has 2 heterocycles. The van der Waals surface area contributed by atoms with E-state index in [0.29, 0.717) is 5.56 Å². The highest BCUT2D eigenvalue weighted by Crippen LogP contribution is 2.26. The van der Waals surface area contributed by atoms with Crippen LogP contribution in [0, 0.1) is 6.92 Å². The van der Waals surface area contributed by atoms with Gasteiger partial charge in [-0.1, -0.05) is 24.3 Å². The van der Waals surface area contributed by atoms with Gasteiger partial charge in [0, 0.05) is 17.0 Å². The molecule has 1 amide bonds. The van der Waals surface area contributed by atoms with Crippen LogP contribution in [0.2, 0.25) is 0 Å². The number of nitrogens with one attached hydrogen (secondary N) is 1. The van der Waals surface area contributed by atoms with Crippen LogP contribution in [0.4, 0.5) is 0 Å². The second-order valence-corrected chi connectivity index (χ2v) is 4.68. The minimum atomic E-state index is -0.417. The van der Waals surface area contributed by atoms with Crippen LogP contribution in [0.5, 0.6) is 0 Å². The van der Waals surface area contributed by atoms with E-state index < -0.39 is 5.91 Å². The predicted octanol–water partition coefficient (Wildman–Crippen LogP) is 3.35. The third-order valence-electron chi connectivity index (χ3n) is 3.33. The van der Waals surface area contributed by atoms with Crippen molar-refractivity contribution >= 4 is 5.91 Å². The zero-order valence-corrected chi connectivity index (χ0v) is 11.0. The number of H-pyrrole nitrogens is 1. The highest BCUT2D eigenvalue weighted by Gasteiger charge is 2.10. The molecule has 1 aromatic carbocycles. The van der Waals surface area contributed by atoms with Crippen molar-refractivity contribution < 1.29 is 9.21 Å². The number of furan rings is 1. The average molecular weight is 266 g/mol. The molecule has 0 aliphatic carbocycles. The monoisotopic (exact) mass is 266 g/mol. The van der Waals surface area contributed by atoms with Crippen LogP contribution in [0.1, 0.15) is 16.1 Å². The summed E-state index contributed by atoms with van der Waals surface area (Å²) in [5.41, 5.74) is 10.7. The topological polar surface area (TPSA) is 72.0 Å². The molecule has 0 bridgehead atoms. The Balaban J connectivity index is 1.95. The highest BCUT2D eigenvalue weighted by atomic mass is 16.3. The van der Waals surface area contributed by atoms with Crippen molar-refractivity contribution in [1.82, 2.24) is 4.98 Å². The fourth-order valence-electron chi connectivity index (χ4n) is 2.24. The van der Waals surface area contributed by atoms with Gasteiger partial charge in [-0.05, 0) is 30.2 Å². The standard InChI is InChI=1S/C16H14N2O2/c1-10-14(16(17)19)8-15(18-10)12-4-2-11(3-5-12)13-6-7-20-9-13/h2-9,18H,1H3,(H2,17,19). The Labute approximate surface area is 116 Å². The number of rotatable bonds is 3. The number of aryl methyl sites for hydroxylation is 1. The molecule has 0 spiro atoms. The largest absolute Gasteiger partial charge is 0.472 e. The van der Waals surface area contributed by atoms with E-state index in [1.165, 1.54) is 0 Å². The molecular formula is C16H14N2O2. The van der Waals surface area contributed by atoms with Crippen LogP contribution in [-0.2, 0) is 0 Å². The molecule has 0 unspecified atom stereocenters. The third-order valence-corrected chi connectivity index (χ3v) is 3.33. The molecule has 3 aromatic rings. The second-order valence-electron chi connectivity index (χ2n) is 4.68. The summed E-state index contributed by atoms with van der Waals surface area (Å²) in [6, 6.07) is 11.7. The van der Waals surface area contributed by atoms with Gasteiger partial charge in [0.25, 0.3) is 5.91 Å². The molecule has 2 aromatic heterocycles. The number of hydrogen-bond donors (Lipinski definition) is 2. The van der Waals surface area contributed by atoms with Gasteiger partial charge < -0.3 is 15.1 Å². The maximum absolute atomic E-state index is 11.3. The first-order chi connectivity index (χ1) is 9.65. The lowest BCUT2D eigenvalue weighted by Gasteiger charge is -2.00. The summed E-state index contributed by atoms with van der Waals surface area (Å²) < 4.78 is 5.07. The van der Waals surface area contributed by atoms with Crippen molar-refractivity contribution in [3.05, 3.63) is 60.2 Å². The van der Waals surface area contributed by atoms with Gasteiger partial charge in [0.05, 0.1) is 18.1 Å². The number of aromatic nitrogens is 1. The molecule has 4 heteroatoms. The van der Waals surface area contributed by atoms with Gasteiger partial charge in [-0.3, -0.25) is 4.79 Å². The van der Waals surface area contributed by atoms with Gasteiger partial charge in [0.2, 0.25) is 0 Å². The highest BCUT2D eigenvalue weighted by molar-refractivity contribution is 5.95. The van der Waals surface area contributed by atoms with E-state index in [1.807, 2.05) is 37.3 Å². The summed E-state index contributed by atoms with van der Waals surface area (Å²) in [5.74, 6) is -0.417. The van der Waals surface area contributed by atoms with Crippen LogP contribution in [0.3, 0.4) is 0 Å². The smallest absolute Gasteiger partial charge is 0.250 e. The molecule has 3 rings (SSSR count). The first-order valence-electron chi connectivity index (χ1n) is 6.27. The fourth-order valence-corrected chi connectivity index (χ4v) is 2.24. The van der Waals surface area contributed by atoms with E-state index in [1.54, 1.807) is 18.6 Å². The zero-order chi connectivity index (χ0) is 14.1. The fraction of sp³-hybridized carbons (Fsp3) is 0.0625. The minimum absolute atomic E-state index is 0.417. The first-order valence-corrected chi connectivity index (χ1v) is 6.27. The van der Waals surface area contributed by atoms with Gasteiger partial charge in [-0.2, -0.15) is 0 Å². The summed E-state index contributed by atoms with van der Waals surface area (Å²) in [6.45, 7) is 1.84. The number of nitrogens with two attached hydrogens (primary N) is 1. The van der Waals surface area contributed by atoms with Crippen molar-refractivity contribution in [2.45, 2.75) is 6.92 Å². The molecule has 0 saturated carbocycles. The molecule has 4 nitrogen and oxygen atoms in total. The molecule has 0 saturated heterocycles. The Morgan fingerprint density at radius 3 is 2.35 bits per heavy atom. The quantitative estimate of drug-likeness (QED) is 0.763. The van der Waals surface area contributed by atoms with Gasteiger partial charge in [0.15, 0.2) is 0 Å². The molecule has 0 fully saturated rings. The Bertz CT molecular complexity index is 737. The number of carbonyl (C=O) groups excluding carboxylic acids is 1. The van der Waals surface area contributed by atoms with Crippen LogP contribution >= 0.6 is 0 Å². The lowest BCUT2D eigenvalue weighted by atomic mass is 10.1. The van der Waals surface area contributed by atoms with Gasteiger partial charge >= 0.3 is 0 Å². The van der Waals surface area contributed by atoms with E-state index in [2.05, 4.69) is 4.98 Å². The molecule has 0 atom stereocenters. The summed E-state index contributed by atoms with van der Waals surface area (Å²) >= 11 is 0. The van der Waals surface area contributed by atoms with Crippen molar-refractivity contribution in [2.75, 3.05) is 0 Å². The molecular weight excluding hydrogens is 252 g/mol. The lowest BCUT2D eigenvalue weighted by Crippen LogP contribution is -2.10. The van der Waals surface area contributed by atoms with Crippen molar-refractivity contribution in [3.8, 4) is 22.4 Å². The average Bonchev–Trinajstić information content (AvgIpc) is 3.08. The minimum Gasteiger partial charge on any atom is -0.472 e. The number of carbonyl (C=O) groups is 1. The number of aromatic amines is 1. The van der Waals surface area contributed by atoms with Crippen molar-refractivity contribution in [1.29, 1.82) is 0 Å². The van der Waals surface area contributed by atoms with Crippen molar-refractivity contribution in [3.63, 3.8) is 0 Å². The molecule has 0 aliphatic heterocycles. The zero-order valence-electron chi connectivity index (χ0n) is 11.0. The molecule has 0 radical (unpaired) electrons. The lowest BCUT2D eigenvalue weighted by molar-refractivity contribution is 0.1000. The summed E-state index contributed by atoms with van der Waals surface area (Å²) in [6.07, 6.45) is 3.36. The molecule has 3 N–H and O–H groups in total. The van der Waals surface area contributed by atoms with Crippen LogP contribution in [0.15, 0.2) is 53.3 Å². The second kappa shape index (κ2) is 4.74. The van der Waals surface area contributed by atoms with Crippen molar-refractivity contribution in [2.24, 2.45) is 5.73 Å². The first kappa shape index (κ1) is 12.3. The Hall–Kier alpha value is -2.75. The van der Waals surface area contributed by atoms with E-state index in [4.69, 9.17) is 10.2 Å². The SMILES string of the molecule is Cc1[nH]c(-c2ccc(-c3ccoc3)cc2)cc1C(N)=O. The number of primary amides is 1. The number of amides is 1. The van der Waals surface area contributed by atoms with Crippen LogP contribution in [0.25, 0.3) is 22.4 Å². The van der Waals surface area contributed by atoms with E-state index >= 15 is 0 Å². The van der Waals surface area contributed by atoms with E-state index in [9.17, 15) is 4.79 Å². The summed E-state index contributed by atoms with van der Waals surface area (Å²) in [5, 5.41) is 0. The predicted molar refractivity (Wildman–Crippen MR) is 77.2 cm³/mol.